The number of hydrogen-bond acceptors (Lipinski definition) is 2. The largest absolute Gasteiger partial charge is 0.254 e. The van der Waals surface area contributed by atoms with Crippen molar-refractivity contribution in [2.24, 2.45) is 10.2 Å². The summed E-state index contributed by atoms with van der Waals surface area (Å²) >= 11 is 0. The van der Waals surface area contributed by atoms with Crippen LogP contribution in [0.2, 0.25) is 0 Å². The molecule has 1 aromatic rings. The molecule has 0 amide bonds. The minimum Gasteiger partial charge on any atom is -0.254 e. The van der Waals surface area contributed by atoms with Crippen LogP contribution in [0, 0.1) is 6.92 Å². The molecule has 2 nitrogen and oxygen atoms in total. The van der Waals surface area contributed by atoms with Crippen LogP contribution in [0.5, 0.6) is 0 Å². The van der Waals surface area contributed by atoms with Crippen LogP contribution in [-0.2, 0) is 0 Å². The first-order chi connectivity index (χ1) is 12.2. The van der Waals surface area contributed by atoms with Crippen molar-refractivity contribution in [3.8, 4) is 0 Å². The molecule has 0 fully saturated rings. The van der Waals surface area contributed by atoms with E-state index in [4.69, 9.17) is 0 Å². The Morgan fingerprint density at radius 1 is 1.36 bits per heavy atom. The minimum absolute atomic E-state index is 0.0852. The highest BCUT2D eigenvalue weighted by Crippen LogP contribution is 2.24. The number of aliphatic imine (C=N–C) groups is 1. The molecular formula is C21H20F2N2. The molecule has 128 valence electrons. The van der Waals surface area contributed by atoms with E-state index in [9.17, 15) is 8.87 Å². The highest BCUT2D eigenvalue weighted by Gasteiger charge is 2.16. The van der Waals surface area contributed by atoms with Gasteiger partial charge in [-0.25, -0.2) is 4.39 Å². The monoisotopic (exact) mass is 338 g/mol. The van der Waals surface area contributed by atoms with Gasteiger partial charge in [-0.1, -0.05) is 64.9 Å². The molecule has 1 aliphatic heterocycles. The van der Waals surface area contributed by atoms with Crippen molar-refractivity contribution in [3.63, 3.8) is 0 Å². The molecule has 0 saturated carbocycles. The Morgan fingerprint density at radius 3 is 2.92 bits per heavy atom. The van der Waals surface area contributed by atoms with Crippen molar-refractivity contribution in [2.45, 2.75) is 13.3 Å². The van der Waals surface area contributed by atoms with Crippen molar-refractivity contribution >= 4 is 23.1 Å². The second-order valence-electron chi connectivity index (χ2n) is 5.40. The van der Waals surface area contributed by atoms with Gasteiger partial charge in [0.25, 0.3) is 0 Å². The first-order valence-corrected chi connectivity index (χ1v) is 7.96. The fourth-order valence-electron chi connectivity index (χ4n) is 2.45. The normalized spacial score (nSPS) is 15.4. The Morgan fingerprint density at radius 2 is 2.20 bits per heavy atom. The fourth-order valence-corrected chi connectivity index (χ4v) is 2.45. The van der Waals surface area contributed by atoms with Crippen molar-refractivity contribution in [3.05, 3.63) is 84.1 Å². The summed E-state index contributed by atoms with van der Waals surface area (Å²) < 4.78 is 25.4. The van der Waals surface area contributed by atoms with E-state index in [2.05, 4.69) is 16.8 Å². The molecule has 0 aromatic heterocycles. The third-order valence-corrected chi connectivity index (χ3v) is 3.76. The summed E-state index contributed by atoms with van der Waals surface area (Å²) in [4.78, 5) is 4.35. The van der Waals surface area contributed by atoms with Crippen molar-refractivity contribution in [1.29, 1.82) is 0 Å². The molecule has 4 heteroatoms. The van der Waals surface area contributed by atoms with Crippen LogP contribution in [0.1, 0.15) is 23.1 Å². The molecule has 0 N–H and O–H groups in total. The van der Waals surface area contributed by atoms with Gasteiger partial charge in [-0.15, -0.1) is 0 Å². The summed E-state index contributed by atoms with van der Waals surface area (Å²) in [7, 11) is 0. The second-order valence-corrected chi connectivity index (χ2v) is 5.40. The molecule has 1 aliphatic rings. The van der Waals surface area contributed by atoms with E-state index in [-0.39, 0.29) is 5.71 Å². The number of hydrogen-bond donors (Lipinski definition) is 0. The molecule has 2 rings (SSSR count). The number of benzene rings is 1. The van der Waals surface area contributed by atoms with E-state index in [0.29, 0.717) is 12.1 Å². The van der Waals surface area contributed by atoms with E-state index >= 15 is 0 Å². The zero-order valence-electron chi connectivity index (χ0n) is 14.1. The van der Waals surface area contributed by atoms with Crippen LogP contribution in [0.15, 0.2) is 77.6 Å². The van der Waals surface area contributed by atoms with Crippen LogP contribution >= 0.6 is 0 Å². The maximum atomic E-state index is 13.3. The highest BCUT2D eigenvalue weighted by atomic mass is 19.2. The van der Waals surface area contributed by atoms with Crippen LogP contribution in [-0.4, -0.2) is 18.1 Å². The zero-order valence-corrected chi connectivity index (χ0v) is 14.1. The lowest BCUT2D eigenvalue weighted by molar-refractivity contribution is 0.540. The number of allylic oxidation sites excluding steroid dienone is 7. The lowest BCUT2D eigenvalue weighted by Crippen LogP contribution is -2.13. The number of alkyl halides is 1. The summed E-state index contributed by atoms with van der Waals surface area (Å²) in [5, 5.41) is 2.86. The van der Waals surface area contributed by atoms with Crippen LogP contribution < -0.4 is 0 Å². The van der Waals surface area contributed by atoms with Crippen molar-refractivity contribution in [2.75, 3.05) is 6.67 Å². The molecule has 1 heterocycles. The lowest BCUT2D eigenvalue weighted by atomic mass is 9.94. The van der Waals surface area contributed by atoms with Gasteiger partial charge >= 0.3 is 0 Å². The van der Waals surface area contributed by atoms with Crippen molar-refractivity contribution < 1.29 is 8.87 Å². The summed E-state index contributed by atoms with van der Waals surface area (Å²) in [5.41, 5.74) is 4.35. The van der Waals surface area contributed by atoms with Gasteiger partial charge in [-0.05, 0) is 42.2 Å². The summed E-state index contributed by atoms with van der Waals surface area (Å²) in [6, 6.07) is 5.96. The van der Waals surface area contributed by atoms with Crippen LogP contribution in [0.25, 0.3) is 11.6 Å². The predicted octanol–water partition coefficient (Wildman–Crippen LogP) is 5.79. The maximum absolute atomic E-state index is 13.3. The molecule has 0 spiro atoms. The second kappa shape index (κ2) is 9.42. The molecule has 0 atom stereocenters. The third kappa shape index (κ3) is 4.80. The summed E-state index contributed by atoms with van der Waals surface area (Å²) in [5.74, 6) is 0. The first kappa shape index (κ1) is 18.5. The SMILES string of the molecule is C=Cc1cc(C2=CCC=CN=C2C(/C=C\C=C\CF)=N/F)ccc1C. The van der Waals surface area contributed by atoms with Gasteiger partial charge in [-0.2, -0.15) is 0 Å². The van der Waals surface area contributed by atoms with Gasteiger partial charge in [-0.3, -0.25) is 4.99 Å². The van der Waals surface area contributed by atoms with Gasteiger partial charge in [0.15, 0.2) is 0 Å². The molecule has 25 heavy (non-hydrogen) atoms. The molecular weight excluding hydrogens is 318 g/mol. The first-order valence-electron chi connectivity index (χ1n) is 7.96. The van der Waals surface area contributed by atoms with Gasteiger partial charge in [0.2, 0.25) is 0 Å². The van der Waals surface area contributed by atoms with Gasteiger partial charge < -0.3 is 0 Å². The molecule has 0 radical (unpaired) electrons. The zero-order chi connectivity index (χ0) is 18.1. The topological polar surface area (TPSA) is 24.7 Å². The lowest BCUT2D eigenvalue weighted by Gasteiger charge is -2.12. The van der Waals surface area contributed by atoms with E-state index in [0.717, 1.165) is 22.3 Å². The molecule has 1 aromatic carbocycles. The quantitative estimate of drug-likeness (QED) is 0.463. The molecule has 0 aliphatic carbocycles. The number of aryl methyl sites for hydroxylation is 1. The molecule has 0 unspecified atom stereocenters. The van der Waals surface area contributed by atoms with E-state index in [1.807, 2.05) is 37.3 Å². The van der Waals surface area contributed by atoms with Gasteiger partial charge in [0.05, 0.1) is 5.71 Å². The smallest absolute Gasteiger partial charge is 0.122 e. The average molecular weight is 338 g/mol. The summed E-state index contributed by atoms with van der Waals surface area (Å²) in [6.07, 6.45) is 13.8. The maximum Gasteiger partial charge on any atom is 0.122 e. The number of rotatable bonds is 6. The highest BCUT2D eigenvalue weighted by molar-refractivity contribution is 6.61. The Bertz CT molecular complexity index is 809. The van der Waals surface area contributed by atoms with Crippen molar-refractivity contribution in [1.82, 2.24) is 0 Å². The minimum atomic E-state index is -0.574. The Balaban J connectivity index is 2.45. The standard InChI is InChI=1S/C21H20F2N2/c1-3-17-15-18(12-11-16(17)2)19-9-6-8-14-24-21(19)20(25-23)10-5-4-7-13-22/h3-5,7-12,14-15H,1,6,13H2,2H3/b7-4+,10-5-,25-20+. The van der Waals surface area contributed by atoms with Crippen LogP contribution in [0.3, 0.4) is 0 Å². The van der Waals surface area contributed by atoms with E-state index in [1.54, 1.807) is 12.3 Å². The summed E-state index contributed by atoms with van der Waals surface area (Å²) in [6.45, 7) is 5.26. The fraction of sp³-hybridized carbons (Fsp3) is 0.143. The van der Waals surface area contributed by atoms with Crippen LogP contribution in [0.4, 0.5) is 8.87 Å². The van der Waals surface area contributed by atoms with E-state index < -0.39 is 6.67 Å². The third-order valence-electron chi connectivity index (χ3n) is 3.76. The molecule has 0 bridgehead atoms. The Labute approximate surface area is 147 Å². The van der Waals surface area contributed by atoms with E-state index in [1.165, 1.54) is 24.3 Å². The number of nitrogens with zero attached hydrogens (tertiary/aromatic N) is 2. The average Bonchev–Trinajstić information content (AvgIpc) is 2.88. The van der Waals surface area contributed by atoms with Gasteiger partial charge in [0, 0.05) is 11.8 Å². The Hall–Kier alpha value is -2.88. The molecule has 0 saturated heterocycles. The Kier molecular flexibility index (Phi) is 6.96. The van der Waals surface area contributed by atoms with Gasteiger partial charge in [0.1, 0.15) is 12.4 Å². The predicted molar refractivity (Wildman–Crippen MR) is 103 cm³/mol. The number of halogens is 2.